The number of carbonyl (C=O) groups excluding carboxylic acids is 1. The van der Waals surface area contributed by atoms with Crippen LogP contribution in [0.15, 0.2) is 18.3 Å². The van der Waals surface area contributed by atoms with Crippen molar-refractivity contribution in [3.8, 4) is 0 Å². The summed E-state index contributed by atoms with van der Waals surface area (Å²) < 4.78 is 22.9. The summed E-state index contributed by atoms with van der Waals surface area (Å²) in [6.07, 6.45) is 1.56. The minimum Gasteiger partial charge on any atom is -0.370 e. The van der Waals surface area contributed by atoms with E-state index >= 15 is 0 Å². The Morgan fingerprint density at radius 2 is 1.76 bits per heavy atom. The monoisotopic (exact) mass is 367 g/mol. The summed E-state index contributed by atoms with van der Waals surface area (Å²) in [7, 11) is -2.99. The number of rotatable bonds is 6. The summed E-state index contributed by atoms with van der Waals surface area (Å²) in [5, 5.41) is 3.35. The molecule has 1 saturated heterocycles. The van der Waals surface area contributed by atoms with Gasteiger partial charge in [-0.1, -0.05) is 27.7 Å². The molecule has 6 nitrogen and oxygen atoms in total. The van der Waals surface area contributed by atoms with Gasteiger partial charge in [0.05, 0.1) is 17.1 Å². The van der Waals surface area contributed by atoms with E-state index in [-0.39, 0.29) is 30.5 Å². The number of amides is 1. The normalized spacial score (nSPS) is 17.3. The van der Waals surface area contributed by atoms with Crippen molar-refractivity contribution in [2.45, 2.75) is 27.7 Å². The number of carbonyl (C=O) groups is 1. The van der Waals surface area contributed by atoms with Gasteiger partial charge in [-0.2, -0.15) is 0 Å². The van der Waals surface area contributed by atoms with Crippen LogP contribution in [0.1, 0.15) is 38.1 Å². The molecule has 1 aliphatic rings. The van der Waals surface area contributed by atoms with Gasteiger partial charge in [0, 0.05) is 25.8 Å². The predicted octanol–water partition coefficient (Wildman–Crippen LogP) is 2.29. The Balaban J connectivity index is 1.94. The highest BCUT2D eigenvalue weighted by Crippen LogP contribution is 2.21. The Labute approximate surface area is 150 Å². The second kappa shape index (κ2) is 8.17. The Morgan fingerprint density at radius 3 is 2.24 bits per heavy atom. The first-order valence-electron chi connectivity index (χ1n) is 8.89. The van der Waals surface area contributed by atoms with Crippen molar-refractivity contribution in [2.24, 2.45) is 17.8 Å². The van der Waals surface area contributed by atoms with E-state index in [0.29, 0.717) is 23.3 Å². The van der Waals surface area contributed by atoms with E-state index in [4.69, 9.17) is 0 Å². The third-order valence-corrected chi connectivity index (χ3v) is 6.48. The lowest BCUT2D eigenvalue weighted by molar-refractivity contribution is 0.0770. The van der Waals surface area contributed by atoms with Crippen LogP contribution in [0.3, 0.4) is 0 Å². The van der Waals surface area contributed by atoms with Crippen LogP contribution in [0.2, 0.25) is 0 Å². The zero-order chi connectivity index (χ0) is 18.6. The van der Waals surface area contributed by atoms with E-state index in [0.717, 1.165) is 12.4 Å². The molecule has 0 spiro atoms. The molecule has 1 aromatic heterocycles. The van der Waals surface area contributed by atoms with E-state index in [1.165, 1.54) is 0 Å². The molecule has 0 bridgehead atoms. The molecule has 1 N–H and O–H groups in total. The first-order valence-corrected chi connectivity index (χ1v) is 10.7. The summed E-state index contributed by atoms with van der Waals surface area (Å²) in [5.74, 6) is 2.40. The average molecular weight is 368 g/mol. The second-order valence-corrected chi connectivity index (χ2v) is 9.71. The SMILES string of the molecule is CC(C)C(CNc1ccc(C(=O)N2CCS(=O)(=O)CC2)cn1)C(C)C. The lowest BCUT2D eigenvalue weighted by Gasteiger charge is -2.27. The predicted molar refractivity (Wildman–Crippen MR) is 100 cm³/mol. The zero-order valence-corrected chi connectivity index (χ0v) is 16.3. The molecule has 1 amide bonds. The van der Waals surface area contributed by atoms with Crippen LogP contribution in [-0.2, 0) is 9.84 Å². The van der Waals surface area contributed by atoms with E-state index in [1.807, 2.05) is 6.07 Å². The molecule has 2 rings (SSSR count). The fraction of sp³-hybridized carbons (Fsp3) is 0.667. The molecule has 25 heavy (non-hydrogen) atoms. The number of sulfone groups is 1. The van der Waals surface area contributed by atoms with Gasteiger partial charge < -0.3 is 10.2 Å². The molecule has 0 atom stereocenters. The minimum absolute atomic E-state index is 0.0393. The number of aromatic nitrogens is 1. The highest BCUT2D eigenvalue weighted by Gasteiger charge is 2.25. The summed E-state index contributed by atoms with van der Waals surface area (Å²) in [5.41, 5.74) is 0.495. The van der Waals surface area contributed by atoms with Crippen LogP contribution in [0, 0.1) is 17.8 Å². The van der Waals surface area contributed by atoms with Crippen molar-refractivity contribution in [1.29, 1.82) is 0 Å². The number of hydrogen-bond donors (Lipinski definition) is 1. The lowest BCUT2D eigenvalue weighted by Crippen LogP contribution is -2.43. The third-order valence-electron chi connectivity index (χ3n) is 4.87. The zero-order valence-electron chi connectivity index (χ0n) is 15.5. The third kappa shape index (κ3) is 5.42. The molecule has 0 radical (unpaired) electrons. The van der Waals surface area contributed by atoms with E-state index in [2.05, 4.69) is 38.0 Å². The minimum atomic E-state index is -2.99. The molecule has 0 unspecified atom stereocenters. The Kier molecular flexibility index (Phi) is 6.43. The van der Waals surface area contributed by atoms with Crippen LogP contribution in [0.4, 0.5) is 5.82 Å². The molecule has 140 valence electrons. The molecule has 0 aliphatic carbocycles. The highest BCUT2D eigenvalue weighted by atomic mass is 32.2. The van der Waals surface area contributed by atoms with Crippen molar-refractivity contribution in [1.82, 2.24) is 9.88 Å². The maximum Gasteiger partial charge on any atom is 0.255 e. The maximum absolute atomic E-state index is 12.4. The van der Waals surface area contributed by atoms with Gasteiger partial charge in [-0.15, -0.1) is 0 Å². The van der Waals surface area contributed by atoms with E-state index in [9.17, 15) is 13.2 Å². The largest absolute Gasteiger partial charge is 0.370 e. The summed E-state index contributed by atoms with van der Waals surface area (Å²) in [6, 6.07) is 3.56. The molecule has 1 aliphatic heterocycles. The van der Waals surface area contributed by atoms with Crippen LogP contribution in [0.5, 0.6) is 0 Å². The average Bonchev–Trinajstić information content (AvgIpc) is 2.54. The van der Waals surface area contributed by atoms with Crippen LogP contribution in [-0.4, -0.2) is 55.3 Å². The van der Waals surface area contributed by atoms with Gasteiger partial charge in [0.25, 0.3) is 5.91 Å². The van der Waals surface area contributed by atoms with Gasteiger partial charge in [-0.05, 0) is 29.9 Å². The Hall–Kier alpha value is -1.63. The number of nitrogens with one attached hydrogen (secondary N) is 1. The Morgan fingerprint density at radius 1 is 1.16 bits per heavy atom. The molecule has 0 saturated carbocycles. The van der Waals surface area contributed by atoms with Gasteiger partial charge >= 0.3 is 0 Å². The van der Waals surface area contributed by atoms with Gasteiger partial charge in [0.15, 0.2) is 9.84 Å². The van der Waals surface area contributed by atoms with Gasteiger partial charge in [0.1, 0.15) is 5.82 Å². The molecule has 1 fully saturated rings. The van der Waals surface area contributed by atoms with E-state index < -0.39 is 9.84 Å². The number of pyridine rings is 1. The van der Waals surface area contributed by atoms with Gasteiger partial charge in [-0.25, -0.2) is 13.4 Å². The maximum atomic E-state index is 12.4. The van der Waals surface area contributed by atoms with Gasteiger partial charge in [0.2, 0.25) is 0 Å². The number of anilines is 1. The summed E-state index contributed by atoms with van der Waals surface area (Å²) in [6.45, 7) is 10.2. The molecular formula is C18H29N3O3S. The number of nitrogens with zero attached hydrogens (tertiary/aromatic N) is 2. The summed E-state index contributed by atoms with van der Waals surface area (Å²) >= 11 is 0. The van der Waals surface area contributed by atoms with Crippen LogP contribution < -0.4 is 5.32 Å². The molecule has 2 heterocycles. The van der Waals surface area contributed by atoms with E-state index in [1.54, 1.807) is 17.2 Å². The smallest absolute Gasteiger partial charge is 0.255 e. The van der Waals surface area contributed by atoms with Crippen molar-refractivity contribution in [3.05, 3.63) is 23.9 Å². The second-order valence-electron chi connectivity index (χ2n) is 7.41. The molecular weight excluding hydrogens is 338 g/mol. The first kappa shape index (κ1) is 19.7. The van der Waals surface area contributed by atoms with Gasteiger partial charge in [-0.3, -0.25) is 4.79 Å². The summed E-state index contributed by atoms with van der Waals surface area (Å²) in [4.78, 5) is 18.4. The first-order chi connectivity index (χ1) is 11.7. The fourth-order valence-electron chi connectivity index (χ4n) is 3.19. The lowest BCUT2D eigenvalue weighted by atomic mass is 9.85. The molecule has 0 aromatic carbocycles. The van der Waals surface area contributed by atoms with Crippen LogP contribution >= 0.6 is 0 Å². The molecule has 7 heteroatoms. The quantitative estimate of drug-likeness (QED) is 0.834. The van der Waals surface area contributed by atoms with Crippen molar-refractivity contribution in [3.63, 3.8) is 0 Å². The molecule has 1 aromatic rings. The van der Waals surface area contributed by atoms with Crippen molar-refractivity contribution in [2.75, 3.05) is 36.5 Å². The van der Waals surface area contributed by atoms with Crippen molar-refractivity contribution < 1.29 is 13.2 Å². The number of hydrogen-bond acceptors (Lipinski definition) is 5. The van der Waals surface area contributed by atoms with Crippen molar-refractivity contribution >= 4 is 21.6 Å². The highest BCUT2D eigenvalue weighted by molar-refractivity contribution is 7.91. The Bertz CT molecular complexity index is 662. The standard InChI is InChI=1S/C18H29N3O3S/c1-13(2)16(14(3)4)12-20-17-6-5-15(11-19-17)18(22)21-7-9-25(23,24)10-8-21/h5-6,11,13-14,16H,7-10,12H2,1-4H3,(H,19,20). The topological polar surface area (TPSA) is 79.4 Å². The van der Waals surface area contributed by atoms with Crippen LogP contribution in [0.25, 0.3) is 0 Å². The fourth-order valence-corrected chi connectivity index (χ4v) is 4.39.